The molecule has 1 saturated carbocycles. The third-order valence-corrected chi connectivity index (χ3v) is 3.82. The summed E-state index contributed by atoms with van der Waals surface area (Å²) in [5.41, 5.74) is 0.331. The van der Waals surface area contributed by atoms with Gasteiger partial charge in [-0.05, 0) is 37.8 Å². The van der Waals surface area contributed by atoms with Crippen LogP contribution >= 0.6 is 15.9 Å². The Bertz CT molecular complexity index is 406. The highest BCUT2D eigenvalue weighted by atomic mass is 79.9. The third kappa shape index (κ3) is 3.07. The van der Waals surface area contributed by atoms with Crippen molar-refractivity contribution < 1.29 is 9.18 Å². The van der Waals surface area contributed by atoms with Crippen LogP contribution in [0.2, 0.25) is 0 Å². The Hall–Kier alpha value is -0.970. The average molecular weight is 315 g/mol. The van der Waals surface area contributed by atoms with E-state index in [1.165, 1.54) is 18.6 Å². The number of alkyl halides is 1. The van der Waals surface area contributed by atoms with E-state index < -0.39 is 5.82 Å². The fourth-order valence-electron chi connectivity index (χ4n) is 2.03. The molecule has 0 N–H and O–H groups in total. The normalized spacial score (nSPS) is 15.2. The SMILES string of the molecule is O=C(c1ccc(F)cn1)N(CCCBr)C1CCC1. The Labute approximate surface area is 115 Å². The average Bonchev–Trinajstić information content (AvgIpc) is 2.32. The van der Waals surface area contributed by atoms with Gasteiger partial charge in [-0.2, -0.15) is 0 Å². The van der Waals surface area contributed by atoms with Crippen molar-refractivity contribution in [1.82, 2.24) is 9.88 Å². The van der Waals surface area contributed by atoms with Gasteiger partial charge in [0.1, 0.15) is 11.5 Å². The van der Waals surface area contributed by atoms with Gasteiger partial charge in [-0.3, -0.25) is 4.79 Å². The number of hydrogen-bond acceptors (Lipinski definition) is 2. The van der Waals surface area contributed by atoms with Gasteiger partial charge in [-0.25, -0.2) is 9.37 Å². The standard InChI is InChI=1S/C13H16BrFN2O/c14-7-2-8-17(11-3-1-4-11)13(18)12-6-5-10(15)9-16-12/h5-6,9,11H,1-4,7-8H2. The van der Waals surface area contributed by atoms with E-state index >= 15 is 0 Å². The minimum Gasteiger partial charge on any atom is -0.334 e. The summed E-state index contributed by atoms with van der Waals surface area (Å²) in [4.78, 5) is 18.1. The Balaban J connectivity index is 2.08. The molecule has 1 aliphatic rings. The molecule has 0 saturated heterocycles. The maximum atomic E-state index is 12.8. The Morgan fingerprint density at radius 3 is 2.78 bits per heavy atom. The van der Waals surface area contributed by atoms with E-state index in [1.54, 1.807) is 0 Å². The van der Waals surface area contributed by atoms with E-state index in [0.717, 1.165) is 37.3 Å². The summed E-state index contributed by atoms with van der Waals surface area (Å²) in [6.07, 6.45) is 5.32. The van der Waals surface area contributed by atoms with Gasteiger partial charge in [0, 0.05) is 17.9 Å². The molecular formula is C13H16BrFN2O. The van der Waals surface area contributed by atoms with Crippen molar-refractivity contribution in [3.05, 3.63) is 29.8 Å². The molecule has 0 unspecified atom stereocenters. The van der Waals surface area contributed by atoms with Crippen molar-refractivity contribution in [3.63, 3.8) is 0 Å². The molecule has 98 valence electrons. The second-order valence-electron chi connectivity index (χ2n) is 4.49. The zero-order valence-electron chi connectivity index (χ0n) is 10.1. The van der Waals surface area contributed by atoms with Gasteiger partial charge >= 0.3 is 0 Å². The van der Waals surface area contributed by atoms with Crippen molar-refractivity contribution in [1.29, 1.82) is 0 Å². The van der Waals surface area contributed by atoms with E-state index in [1.807, 2.05) is 4.90 Å². The number of amides is 1. The lowest BCUT2D eigenvalue weighted by Gasteiger charge is -2.37. The van der Waals surface area contributed by atoms with Gasteiger partial charge in [-0.15, -0.1) is 0 Å². The molecule has 0 aliphatic heterocycles. The van der Waals surface area contributed by atoms with Gasteiger partial charge in [-0.1, -0.05) is 15.9 Å². The van der Waals surface area contributed by atoms with Gasteiger partial charge < -0.3 is 4.90 Å². The molecule has 1 aromatic rings. The predicted octanol–water partition coefficient (Wildman–Crippen LogP) is 3.00. The first-order valence-electron chi connectivity index (χ1n) is 6.21. The molecule has 0 radical (unpaired) electrons. The molecule has 1 amide bonds. The first-order valence-corrected chi connectivity index (χ1v) is 7.33. The largest absolute Gasteiger partial charge is 0.334 e. The Kier molecular flexibility index (Phi) is 4.69. The fraction of sp³-hybridized carbons (Fsp3) is 0.538. The molecule has 2 rings (SSSR count). The molecule has 1 fully saturated rings. The Morgan fingerprint density at radius 1 is 1.50 bits per heavy atom. The van der Waals surface area contributed by atoms with Crippen LogP contribution in [0.15, 0.2) is 18.3 Å². The molecule has 0 spiro atoms. The van der Waals surface area contributed by atoms with E-state index in [4.69, 9.17) is 0 Å². The third-order valence-electron chi connectivity index (χ3n) is 3.26. The van der Waals surface area contributed by atoms with E-state index in [0.29, 0.717) is 11.7 Å². The fourth-order valence-corrected chi connectivity index (χ4v) is 2.28. The van der Waals surface area contributed by atoms with Crippen molar-refractivity contribution in [2.75, 3.05) is 11.9 Å². The molecule has 1 aromatic heterocycles. The maximum absolute atomic E-state index is 12.8. The smallest absolute Gasteiger partial charge is 0.272 e. The zero-order valence-corrected chi connectivity index (χ0v) is 11.7. The van der Waals surface area contributed by atoms with E-state index in [-0.39, 0.29) is 5.91 Å². The molecule has 18 heavy (non-hydrogen) atoms. The zero-order chi connectivity index (χ0) is 13.0. The first-order chi connectivity index (χ1) is 8.72. The maximum Gasteiger partial charge on any atom is 0.272 e. The molecule has 0 bridgehead atoms. The van der Waals surface area contributed by atoms with E-state index in [2.05, 4.69) is 20.9 Å². The number of nitrogens with zero attached hydrogens (tertiary/aromatic N) is 2. The quantitative estimate of drug-likeness (QED) is 0.783. The number of carbonyl (C=O) groups excluding carboxylic acids is 1. The lowest BCUT2D eigenvalue weighted by Crippen LogP contribution is -2.45. The van der Waals surface area contributed by atoms with E-state index in [9.17, 15) is 9.18 Å². The van der Waals surface area contributed by atoms with Crippen LogP contribution in [0.5, 0.6) is 0 Å². The van der Waals surface area contributed by atoms with Crippen molar-refractivity contribution >= 4 is 21.8 Å². The number of rotatable bonds is 5. The van der Waals surface area contributed by atoms with Crippen LogP contribution in [0, 0.1) is 5.82 Å². The number of hydrogen-bond donors (Lipinski definition) is 0. The molecule has 5 heteroatoms. The molecule has 1 heterocycles. The van der Waals surface area contributed by atoms with Crippen LogP contribution in [-0.4, -0.2) is 33.7 Å². The van der Waals surface area contributed by atoms with Gasteiger partial charge in [0.25, 0.3) is 5.91 Å². The Morgan fingerprint density at radius 2 is 2.28 bits per heavy atom. The van der Waals surface area contributed by atoms with Gasteiger partial charge in [0.15, 0.2) is 0 Å². The van der Waals surface area contributed by atoms with Crippen LogP contribution in [0.25, 0.3) is 0 Å². The summed E-state index contributed by atoms with van der Waals surface area (Å²) in [6.45, 7) is 0.730. The highest BCUT2D eigenvalue weighted by Crippen LogP contribution is 2.26. The summed E-state index contributed by atoms with van der Waals surface area (Å²) in [6, 6.07) is 3.07. The monoisotopic (exact) mass is 314 g/mol. The van der Waals surface area contributed by atoms with Crippen LogP contribution in [0.1, 0.15) is 36.2 Å². The summed E-state index contributed by atoms with van der Waals surface area (Å²) in [7, 11) is 0. The highest BCUT2D eigenvalue weighted by Gasteiger charge is 2.29. The molecule has 0 aromatic carbocycles. The highest BCUT2D eigenvalue weighted by molar-refractivity contribution is 9.09. The number of pyridine rings is 1. The minimum absolute atomic E-state index is 0.0827. The minimum atomic E-state index is -0.415. The molecule has 0 atom stereocenters. The molecular weight excluding hydrogens is 299 g/mol. The number of aromatic nitrogens is 1. The lowest BCUT2D eigenvalue weighted by molar-refractivity contribution is 0.0575. The lowest BCUT2D eigenvalue weighted by atomic mass is 9.91. The van der Waals surface area contributed by atoms with Crippen LogP contribution in [0.4, 0.5) is 4.39 Å². The summed E-state index contributed by atoms with van der Waals surface area (Å²) in [5.74, 6) is -0.497. The topological polar surface area (TPSA) is 33.2 Å². The van der Waals surface area contributed by atoms with Crippen molar-refractivity contribution in [3.8, 4) is 0 Å². The number of halogens is 2. The van der Waals surface area contributed by atoms with Crippen molar-refractivity contribution in [2.45, 2.75) is 31.7 Å². The second kappa shape index (κ2) is 6.27. The van der Waals surface area contributed by atoms with Crippen LogP contribution in [-0.2, 0) is 0 Å². The second-order valence-corrected chi connectivity index (χ2v) is 5.28. The van der Waals surface area contributed by atoms with Crippen molar-refractivity contribution in [2.24, 2.45) is 0 Å². The van der Waals surface area contributed by atoms with Gasteiger partial charge in [0.05, 0.1) is 6.20 Å². The van der Waals surface area contributed by atoms with Crippen LogP contribution in [0.3, 0.4) is 0 Å². The summed E-state index contributed by atoms with van der Waals surface area (Å²) < 4.78 is 12.8. The first kappa shape index (κ1) is 13.5. The summed E-state index contributed by atoms with van der Waals surface area (Å²) in [5, 5.41) is 0.875. The number of carbonyl (C=O) groups is 1. The van der Waals surface area contributed by atoms with Crippen LogP contribution < -0.4 is 0 Å². The molecule has 3 nitrogen and oxygen atoms in total. The molecule has 1 aliphatic carbocycles. The summed E-state index contributed by atoms with van der Waals surface area (Å²) >= 11 is 3.38. The predicted molar refractivity (Wildman–Crippen MR) is 71.3 cm³/mol. The van der Waals surface area contributed by atoms with Gasteiger partial charge in [0.2, 0.25) is 0 Å².